The summed E-state index contributed by atoms with van der Waals surface area (Å²) in [5.74, 6) is -3.55. The van der Waals surface area contributed by atoms with Crippen molar-refractivity contribution >= 4 is 32.5 Å². The number of carboxylic acids is 2. The van der Waals surface area contributed by atoms with Crippen LogP contribution in [-0.4, -0.2) is 54.8 Å². The molecule has 0 radical (unpaired) electrons. The van der Waals surface area contributed by atoms with Crippen molar-refractivity contribution in [2.24, 2.45) is 5.41 Å². The summed E-state index contributed by atoms with van der Waals surface area (Å²) in [6, 6.07) is 0. The Balaban J connectivity index is -0.000000882. The third-order valence-corrected chi connectivity index (χ3v) is 9.83. The zero-order chi connectivity index (χ0) is 34.6. The molecule has 0 aliphatic heterocycles. The SMILES string of the molecule is CCCCCCCCC(CCCCCCCC)(C(=O)O)C(C(=O)[O-])S(=O)(=O)O.CCCCCCCCCCCCOS(=O)(=O)O.[Na+]. The molecule has 0 bridgehead atoms. The largest absolute Gasteiger partial charge is 1.00 e. The molecule has 0 aromatic rings. The maximum Gasteiger partial charge on any atom is 1.00 e. The Hall–Kier alpha value is -0.280. The Morgan fingerprint density at radius 2 is 0.913 bits per heavy atom. The zero-order valence-corrected chi connectivity index (χ0v) is 32.8. The summed E-state index contributed by atoms with van der Waals surface area (Å²) < 4.78 is 65.9. The number of hydrogen-bond acceptors (Lipinski definition) is 8. The van der Waals surface area contributed by atoms with Gasteiger partial charge in [-0.2, -0.15) is 16.8 Å². The van der Waals surface area contributed by atoms with Gasteiger partial charge in [0.05, 0.1) is 18.0 Å². The van der Waals surface area contributed by atoms with E-state index in [1.54, 1.807) is 0 Å². The quantitative estimate of drug-likeness (QED) is 0.0546. The number of rotatable bonds is 30. The van der Waals surface area contributed by atoms with E-state index in [1.807, 2.05) is 0 Å². The van der Waals surface area contributed by atoms with Crippen LogP contribution in [0.4, 0.5) is 0 Å². The molecular weight excluding hydrogens is 647 g/mol. The van der Waals surface area contributed by atoms with Crippen LogP contribution in [0.15, 0.2) is 0 Å². The van der Waals surface area contributed by atoms with Crippen LogP contribution in [0.25, 0.3) is 0 Å². The van der Waals surface area contributed by atoms with Crippen molar-refractivity contribution in [1.82, 2.24) is 0 Å². The van der Waals surface area contributed by atoms with Crippen LogP contribution < -0.4 is 34.7 Å². The van der Waals surface area contributed by atoms with Crippen LogP contribution in [0.5, 0.6) is 0 Å². The second-order valence-corrected chi connectivity index (χ2v) is 14.7. The first-order chi connectivity index (χ1) is 21.2. The van der Waals surface area contributed by atoms with Gasteiger partial charge < -0.3 is 15.0 Å². The van der Waals surface area contributed by atoms with Crippen molar-refractivity contribution in [1.29, 1.82) is 0 Å². The number of unbranched alkanes of at least 4 members (excludes halogenated alkanes) is 19. The van der Waals surface area contributed by atoms with E-state index in [0.29, 0.717) is 32.1 Å². The molecule has 0 amide bonds. The number of aliphatic carboxylic acids is 2. The molecular formula is C32H63NaO11S2. The first-order valence-electron chi connectivity index (χ1n) is 17.2. The van der Waals surface area contributed by atoms with Crippen molar-refractivity contribution in [3.8, 4) is 0 Å². The smallest absolute Gasteiger partial charge is 0.549 e. The first kappa shape index (κ1) is 50.1. The molecule has 1 unspecified atom stereocenters. The minimum Gasteiger partial charge on any atom is -0.549 e. The van der Waals surface area contributed by atoms with Gasteiger partial charge >= 0.3 is 45.9 Å². The van der Waals surface area contributed by atoms with Crippen molar-refractivity contribution in [2.45, 2.75) is 180 Å². The number of carboxylic acid groups (broad SMARTS) is 2. The fraction of sp³-hybridized carbons (Fsp3) is 0.938. The van der Waals surface area contributed by atoms with Gasteiger partial charge in [0, 0.05) is 0 Å². The van der Waals surface area contributed by atoms with E-state index >= 15 is 0 Å². The van der Waals surface area contributed by atoms with Gasteiger partial charge in [-0.3, -0.25) is 13.9 Å². The standard InChI is InChI=1S/C20H38O7S.C12H26O4S.Na/c1-3-5-7-9-11-13-15-20(19(23)24,16-14-12-10-8-6-4-2)17(18(21)22)28(25,26)27;1-2-3-4-5-6-7-8-9-10-11-12-16-17(13,14)15;/h17H,3-16H2,1-2H3,(H,21,22)(H,23,24)(H,25,26,27);2-12H2,1H3,(H,13,14,15);/q;;+1/p-1. The molecule has 1 atom stereocenters. The Kier molecular flexibility index (Phi) is 33.5. The van der Waals surface area contributed by atoms with Crippen LogP contribution in [0, 0.1) is 5.41 Å². The number of carbonyl (C=O) groups is 2. The van der Waals surface area contributed by atoms with Crippen molar-refractivity contribution in [3.05, 3.63) is 0 Å². The van der Waals surface area contributed by atoms with Gasteiger partial charge in [-0.25, -0.2) is 4.18 Å². The third kappa shape index (κ3) is 27.6. The minimum atomic E-state index is -5.11. The summed E-state index contributed by atoms with van der Waals surface area (Å²) in [6.45, 7) is 6.46. The number of carbonyl (C=O) groups excluding carboxylic acids is 1. The molecule has 0 aliphatic rings. The molecule has 0 saturated heterocycles. The normalized spacial score (nSPS) is 12.5. The summed E-state index contributed by atoms with van der Waals surface area (Å²) >= 11 is 0. The van der Waals surface area contributed by atoms with E-state index in [-0.39, 0.29) is 49.0 Å². The van der Waals surface area contributed by atoms with E-state index < -0.39 is 43.1 Å². The van der Waals surface area contributed by atoms with E-state index in [4.69, 9.17) is 4.55 Å². The van der Waals surface area contributed by atoms with E-state index in [0.717, 1.165) is 64.2 Å². The zero-order valence-electron chi connectivity index (χ0n) is 29.2. The topological polar surface area (TPSA) is 195 Å². The van der Waals surface area contributed by atoms with Crippen LogP contribution in [0.2, 0.25) is 0 Å². The number of hydrogen-bond donors (Lipinski definition) is 3. The third-order valence-electron chi connectivity index (χ3n) is 8.12. The molecule has 270 valence electrons. The van der Waals surface area contributed by atoms with Crippen molar-refractivity contribution < 1.29 is 79.5 Å². The molecule has 0 rings (SSSR count). The van der Waals surface area contributed by atoms with Crippen molar-refractivity contribution in [3.63, 3.8) is 0 Å². The Labute approximate surface area is 302 Å². The average Bonchev–Trinajstić information content (AvgIpc) is 2.94. The summed E-state index contributed by atoms with van der Waals surface area (Å²) in [7, 11) is -9.35. The van der Waals surface area contributed by atoms with Crippen LogP contribution in [0.1, 0.15) is 175 Å². The first-order valence-corrected chi connectivity index (χ1v) is 20.1. The minimum absolute atomic E-state index is 0. The molecule has 0 aliphatic carbocycles. The fourth-order valence-corrected chi connectivity index (χ4v) is 7.02. The van der Waals surface area contributed by atoms with Gasteiger partial charge in [-0.15, -0.1) is 0 Å². The van der Waals surface area contributed by atoms with Crippen molar-refractivity contribution in [2.75, 3.05) is 6.61 Å². The monoisotopic (exact) mass is 710 g/mol. The maximum atomic E-state index is 12.1. The van der Waals surface area contributed by atoms with Gasteiger partial charge in [0.1, 0.15) is 5.25 Å². The molecule has 0 heterocycles. The van der Waals surface area contributed by atoms with E-state index in [2.05, 4.69) is 25.0 Å². The molecule has 46 heavy (non-hydrogen) atoms. The summed E-state index contributed by atoms with van der Waals surface area (Å²) in [6.07, 6.45) is 21.8. The molecule has 0 saturated carbocycles. The van der Waals surface area contributed by atoms with E-state index in [9.17, 15) is 41.2 Å². The van der Waals surface area contributed by atoms with Gasteiger partial charge in [0.2, 0.25) is 0 Å². The molecule has 14 heteroatoms. The Morgan fingerprint density at radius 1 is 0.609 bits per heavy atom. The van der Waals surface area contributed by atoms with E-state index in [1.165, 1.54) is 44.9 Å². The van der Waals surface area contributed by atoms with Crippen LogP contribution in [0.3, 0.4) is 0 Å². The molecule has 0 aromatic heterocycles. The summed E-state index contributed by atoms with van der Waals surface area (Å²) in [4.78, 5) is 23.6. The molecule has 11 nitrogen and oxygen atoms in total. The fourth-order valence-electron chi connectivity index (χ4n) is 5.54. The van der Waals surface area contributed by atoms with Crippen LogP contribution in [-0.2, 0) is 34.3 Å². The molecule has 0 aromatic carbocycles. The summed E-state index contributed by atoms with van der Waals surface area (Å²) in [5.41, 5.74) is -2.07. The van der Waals surface area contributed by atoms with Crippen LogP contribution >= 0.6 is 0 Å². The predicted octanol–water partition coefficient (Wildman–Crippen LogP) is 4.30. The summed E-state index contributed by atoms with van der Waals surface area (Å²) in [5, 5.41) is 18.9. The molecule has 0 spiro atoms. The van der Waals surface area contributed by atoms with Gasteiger partial charge in [-0.1, -0.05) is 156 Å². The van der Waals surface area contributed by atoms with Gasteiger partial charge in [0.25, 0.3) is 10.1 Å². The Bertz CT molecular complexity index is 941. The average molecular weight is 711 g/mol. The van der Waals surface area contributed by atoms with Gasteiger partial charge in [0.15, 0.2) is 0 Å². The predicted molar refractivity (Wildman–Crippen MR) is 176 cm³/mol. The molecule has 0 fully saturated rings. The van der Waals surface area contributed by atoms with Gasteiger partial charge in [-0.05, 0) is 19.3 Å². The maximum absolute atomic E-state index is 12.1. The Morgan fingerprint density at radius 3 is 1.17 bits per heavy atom. The molecule has 3 N–H and O–H groups in total. The second kappa shape index (κ2) is 30.8. The second-order valence-electron chi connectivity index (χ2n) is 12.1.